The van der Waals surface area contributed by atoms with Crippen molar-refractivity contribution >= 4 is 23.0 Å². The lowest BCUT2D eigenvalue weighted by molar-refractivity contribution is 0.918. The molecule has 0 unspecified atom stereocenters. The number of anilines is 1. The molecule has 98 valence electrons. The van der Waals surface area contributed by atoms with Gasteiger partial charge in [-0.25, -0.2) is 0 Å². The molecule has 0 radical (unpaired) electrons. The number of benzene rings is 1. The third-order valence-electron chi connectivity index (χ3n) is 3.36. The zero-order chi connectivity index (χ0) is 13.1. The molecule has 0 amide bonds. The summed E-state index contributed by atoms with van der Waals surface area (Å²) in [7, 11) is 0. The molecular weight excluding hydrogens is 240 g/mol. The van der Waals surface area contributed by atoms with Gasteiger partial charge in [0.05, 0.1) is 0 Å². The summed E-state index contributed by atoms with van der Waals surface area (Å²) in [6.07, 6.45) is 4.56. The Bertz CT molecular complexity index is 425. The molecule has 2 N–H and O–H groups in total. The number of thiocarbonyl (C=S) groups is 1. The second kappa shape index (κ2) is 5.70. The molecule has 0 heterocycles. The Morgan fingerprint density at radius 2 is 1.78 bits per heavy atom. The summed E-state index contributed by atoms with van der Waals surface area (Å²) >= 11 is 5.38. The Morgan fingerprint density at radius 3 is 2.22 bits per heavy atom. The second-order valence-corrected chi connectivity index (χ2v) is 5.45. The monoisotopic (exact) mass is 262 g/mol. The highest BCUT2D eigenvalue weighted by Gasteiger charge is 2.22. The van der Waals surface area contributed by atoms with Gasteiger partial charge in [0.25, 0.3) is 0 Å². The highest BCUT2D eigenvalue weighted by atomic mass is 32.1. The maximum Gasteiger partial charge on any atom is 0.171 e. The van der Waals surface area contributed by atoms with Crippen molar-refractivity contribution in [3.63, 3.8) is 0 Å². The molecule has 0 bridgehead atoms. The van der Waals surface area contributed by atoms with Crippen LogP contribution in [0.1, 0.15) is 43.4 Å². The molecule has 1 saturated carbocycles. The molecule has 2 rings (SSSR count). The van der Waals surface area contributed by atoms with Gasteiger partial charge in [0.15, 0.2) is 5.11 Å². The standard InChI is InChI=1S/C15H22N2S/c1-4-11-8-10(3)9-12(5-2)14(11)17-15(18)16-13-6-7-13/h8-9,13H,4-7H2,1-3H3,(H2,16,17,18). The van der Waals surface area contributed by atoms with Crippen LogP contribution in [0.5, 0.6) is 0 Å². The van der Waals surface area contributed by atoms with Crippen LogP contribution in [0, 0.1) is 6.92 Å². The van der Waals surface area contributed by atoms with Crippen molar-refractivity contribution in [1.29, 1.82) is 0 Å². The highest BCUT2D eigenvalue weighted by molar-refractivity contribution is 7.80. The van der Waals surface area contributed by atoms with Crippen LogP contribution >= 0.6 is 12.2 Å². The fourth-order valence-electron chi connectivity index (χ4n) is 2.22. The average Bonchev–Trinajstić information content (AvgIpc) is 3.14. The van der Waals surface area contributed by atoms with Gasteiger partial charge in [0.1, 0.15) is 0 Å². The van der Waals surface area contributed by atoms with Crippen molar-refractivity contribution in [1.82, 2.24) is 5.32 Å². The molecule has 1 aliphatic carbocycles. The van der Waals surface area contributed by atoms with E-state index in [2.05, 4.69) is 43.5 Å². The van der Waals surface area contributed by atoms with E-state index in [1.807, 2.05) is 0 Å². The van der Waals surface area contributed by atoms with Gasteiger partial charge in [-0.15, -0.1) is 0 Å². The minimum absolute atomic E-state index is 0.602. The van der Waals surface area contributed by atoms with Crippen LogP contribution in [-0.4, -0.2) is 11.2 Å². The van der Waals surface area contributed by atoms with Crippen molar-refractivity contribution in [3.8, 4) is 0 Å². The van der Waals surface area contributed by atoms with E-state index in [4.69, 9.17) is 12.2 Å². The zero-order valence-corrected chi connectivity index (χ0v) is 12.3. The van der Waals surface area contributed by atoms with Gasteiger partial charge in [0, 0.05) is 11.7 Å². The maximum absolute atomic E-state index is 5.38. The van der Waals surface area contributed by atoms with Crippen molar-refractivity contribution in [2.24, 2.45) is 0 Å². The van der Waals surface area contributed by atoms with Crippen LogP contribution in [0.3, 0.4) is 0 Å². The largest absolute Gasteiger partial charge is 0.360 e. The van der Waals surface area contributed by atoms with Gasteiger partial charge < -0.3 is 10.6 Å². The molecule has 0 aliphatic heterocycles. The first-order valence-corrected chi connectivity index (χ1v) is 7.24. The van der Waals surface area contributed by atoms with Crippen molar-refractivity contribution in [2.75, 3.05) is 5.32 Å². The van der Waals surface area contributed by atoms with Gasteiger partial charge in [-0.3, -0.25) is 0 Å². The Morgan fingerprint density at radius 1 is 1.22 bits per heavy atom. The average molecular weight is 262 g/mol. The quantitative estimate of drug-likeness (QED) is 0.811. The van der Waals surface area contributed by atoms with Gasteiger partial charge in [-0.05, 0) is 56.0 Å². The Labute approximate surface area is 115 Å². The number of hydrogen-bond donors (Lipinski definition) is 2. The summed E-state index contributed by atoms with van der Waals surface area (Å²) in [5.41, 5.74) is 5.25. The van der Waals surface area contributed by atoms with E-state index in [0.717, 1.165) is 18.0 Å². The van der Waals surface area contributed by atoms with E-state index in [1.165, 1.54) is 35.2 Å². The highest BCUT2D eigenvalue weighted by Crippen LogP contribution is 2.25. The summed E-state index contributed by atoms with van der Waals surface area (Å²) in [6, 6.07) is 5.10. The third-order valence-corrected chi connectivity index (χ3v) is 3.58. The molecule has 0 spiro atoms. The Balaban J connectivity index is 2.20. The summed E-state index contributed by atoms with van der Waals surface area (Å²) in [6.45, 7) is 6.54. The molecular formula is C15H22N2S. The fraction of sp³-hybridized carbons (Fsp3) is 0.533. The lowest BCUT2D eigenvalue weighted by atomic mass is 10.00. The molecule has 0 saturated heterocycles. The van der Waals surface area contributed by atoms with Crippen molar-refractivity contribution in [3.05, 3.63) is 28.8 Å². The minimum atomic E-state index is 0.602. The summed E-state index contributed by atoms with van der Waals surface area (Å²) in [4.78, 5) is 0. The molecule has 1 aliphatic rings. The Kier molecular flexibility index (Phi) is 4.23. The first-order chi connectivity index (χ1) is 8.63. The van der Waals surface area contributed by atoms with Crippen LogP contribution in [0.15, 0.2) is 12.1 Å². The lowest BCUT2D eigenvalue weighted by Crippen LogP contribution is -2.30. The molecule has 1 fully saturated rings. The van der Waals surface area contributed by atoms with Gasteiger partial charge in [-0.2, -0.15) is 0 Å². The number of nitrogens with one attached hydrogen (secondary N) is 2. The maximum atomic E-state index is 5.38. The first kappa shape index (κ1) is 13.3. The van der Waals surface area contributed by atoms with Crippen molar-refractivity contribution in [2.45, 2.75) is 52.5 Å². The normalized spacial score (nSPS) is 14.4. The van der Waals surface area contributed by atoms with Crippen LogP contribution in [0.25, 0.3) is 0 Å². The van der Waals surface area contributed by atoms with E-state index in [0.29, 0.717) is 6.04 Å². The zero-order valence-electron chi connectivity index (χ0n) is 11.5. The Hall–Kier alpha value is -1.09. The third kappa shape index (κ3) is 3.22. The van der Waals surface area contributed by atoms with Crippen LogP contribution in [0.4, 0.5) is 5.69 Å². The van der Waals surface area contributed by atoms with Gasteiger partial charge >= 0.3 is 0 Å². The second-order valence-electron chi connectivity index (χ2n) is 5.04. The molecule has 1 aromatic carbocycles. The van der Waals surface area contributed by atoms with E-state index in [9.17, 15) is 0 Å². The number of hydrogen-bond acceptors (Lipinski definition) is 1. The van der Waals surface area contributed by atoms with E-state index in [-0.39, 0.29) is 0 Å². The molecule has 2 nitrogen and oxygen atoms in total. The summed E-state index contributed by atoms with van der Waals surface area (Å²) in [5.74, 6) is 0. The molecule has 1 aromatic rings. The topological polar surface area (TPSA) is 24.1 Å². The molecule has 3 heteroatoms. The number of aryl methyl sites for hydroxylation is 3. The lowest BCUT2D eigenvalue weighted by Gasteiger charge is -2.17. The van der Waals surface area contributed by atoms with Gasteiger partial charge in [-0.1, -0.05) is 31.5 Å². The predicted molar refractivity (Wildman–Crippen MR) is 82.3 cm³/mol. The predicted octanol–water partition coefficient (Wildman–Crippen LogP) is 3.57. The van der Waals surface area contributed by atoms with Crippen molar-refractivity contribution < 1.29 is 0 Å². The van der Waals surface area contributed by atoms with E-state index in [1.54, 1.807) is 0 Å². The van der Waals surface area contributed by atoms with E-state index >= 15 is 0 Å². The smallest absolute Gasteiger partial charge is 0.171 e. The van der Waals surface area contributed by atoms with Gasteiger partial charge in [0.2, 0.25) is 0 Å². The summed E-state index contributed by atoms with van der Waals surface area (Å²) < 4.78 is 0. The van der Waals surface area contributed by atoms with Crippen LogP contribution in [-0.2, 0) is 12.8 Å². The molecule has 18 heavy (non-hydrogen) atoms. The molecule has 0 atom stereocenters. The number of rotatable bonds is 4. The van der Waals surface area contributed by atoms with Crippen LogP contribution < -0.4 is 10.6 Å². The first-order valence-electron chi connectivity index (χ1n) is 6.84. The fourth-order valence-corrected chi connectivity index (χ4v) is 2.49. The molecule has 0 aromatic heterocycles. The van der Waals surface area contributed by atoms with Crippen LogP contribution in [0.2, 0.25) is 0 Å². The summed E-state index contributed by atoms with van der Waals surface area (Å²) in [5, 5.41) is 7.51. The minimum Gasteiger partial charge on any atom is -0.360 e. The SMILES string of the molecule is CCc1cc(C)cc(CC)c1NC(=S)NC1CC1. The van der Waals surface area contributed by atoms with E-state index < -0.39 is 0 Å².